The molecule has 1 atom stereocenters. The standard InChI is InChI=1S/C13H20BrNS/c1-10(15-9-13(2,3)16-4)11-7-5-6-8-12(11)14/h5-8,10,15H,9H2,1-4H3. The summed E-state index contributed by atoms with van der Waals surface area (Å²) in [5.74, 6) is 0. The first-order valence-electron chi connectivity index (χ1n) is 5.49. The second kappa shape index (κ2) is 6.08. The van der Waals surface area contributed by atoms with Crippen LogP contribution in [-0.2, 0) is 0 Å². The van der Waals surface area contributed by atoms with Crippen molar-refractivity contribution in [2.24, 2.45) is 0 Å². The Hall–Kier alpha value is 0.01000. The van der Waals surface area contributed by atoms with Gasteiger partial charge in [-0.2, -0.15) is 11.8 Å². The maximum atomic E-state index is 3.59. The normalized spacial score (nSPS) is 13.8. The molecule has 0 saturated carbocycles. The first-order chi connectivity index (χ1) is 7.46. The predicted molar refractivity (Wildman–Crippen MR) is 78.2 cm³/mol. The van der Waals surface area contributed by atoms with E-state index in [4.69, 9.17) is 0 Å². The third-order valence-electron chi connectivity index (χ3n) is 2.76. The first kappa shape index (κ1) is 14.1. The molecule has 0 amide bonds. The molecule has 0 bridgehead atoms. The van der Waals surface area contributed by atoms with Crippen molar-refractivity contribution in [3.8, 4) is 0 Å². The number of rotatable bonds is 5. The van der Waals surface area contributed by atoms with E-state index in [0.717, 1.165) is 6.54 Å². The fourth-order valence-electron chi connectivity index (χ4n) is 1.41. The van der Waals surface area contributed by atoms with Gasteiger partial charge in [-0.25, -0.2) is 0 Å². The third-order valence-corrected chi connectivity index (χ3v) is 4.73. The minimum Gasteiger partial charge on any atom is -0.309 e. The van der Waals surface area contributed by atoms with Crippen LogP contribution in [0.4, 0.5) is 0 Å². The van der Waals surface area contributed by atoms with E-state index in [0.29, 0.717) is 6.04 Å². The molecule has 1 nitrogen and oxygen atoms in total. The Morgan fingerprint density at radius 1 is 1.38 bits per heavy atom. The summed E-state index contributed by atoms with van der Waals surface area (Å²) in [7, 11) is 0. The van der Waals surface area contributed by atoms with E-state index in [2.05, 4.69) is 66.5 Å². The van der Waals surface area contributed by atoms with E-state index >= 15 is 0 Å². The highest BCUT2D eigenvalue weighted by molar-refractivity contribution is 9.10. The minimum atomic E-state index is 0.287. The molecule has 0 saturated heterocycles. The van der Waals surface area contributed by atoms with Crippen molar-refractivity contribution in [3.63, 3.8) is 0 Å². The maximum absolute atomic E-state index is 3.59. The summed E-state index contributed by atoms with van der Waals surface area (Å²) in [5.41, 5.74) is 1.32. The highest BCUT2D eigenvalue weighted by Gasteiger charge is 2.17. The van der Waals surface area contributed by atoms with E-state index in [1.165, 1.54) is 10.0 Å². The van der Waals surface area contributed by atoms with Gasteiger partial charge in [0.1, 0.15) is 0 Å². The molecule has 0 fully saturated rings. The Bertz CT molecular complexity index is 338. The number of hydrogen-bond acceptors (Lipinski definition) is 2. The molecular weight excluding hydrogens is 282 g/mol. The number of hydrogen-bond donors (Lipinski definition) is 1. The summed E-state index contributed by atoms with van der Waals surface area (Å²) < 4.78 is 1.46. The zero-order chi connectivity index (χ0) is 12.2. The summed E-state index contributed by atoms with van der Waals surface area (Å²) >= 11 is 5.48. The van der Waals surface area contributed by atoms with Crippen molar-refractivity contribution in [1.82, 2.24) is 5.32 Å². The fraction of sp³-hybridized carbons (Fsp3) is 0.538. The molecule has 0 aliphatic heterocycles. The molecule has 0 heterocycles. The Morgan fingerprint density at radius 2 is 2.00 bits per heavy atom. The van der Waals surface area contributed by atoms with Crippen LogP contribution in [0.3, 0.4) is 0 Å². The summed E-state index contributed by atoms with van der Waals surface area (Å²) in [6.07, 6.45) is 2.16. The lowest BCUT2D eigenvalue weighted by Gasteiger charge is -2.25. The van der Waals surface area contributed by atoms with Crippen LogP contribution in [0.5, 0.6) is 0 Å². The quantitative estimate of drug-likeness (QED) is 0.873. The van der Waals surface area contributed by atoms with Crippen LogP contribution in [0.25, 0.3) is 0 Å². The molecular formula is C13H20BrNS. The summed E-state index contributed by atoms with van der Waals surface area (Å²) in [5, 5.41) is 3.58. The summed E-state index contributed by atoms with van der Waals surface area (Å²) in [4.78, 5) is 0. The van der Waals surface area contributed by atoms with E-state index in [1.54, 1.807) is 0 Å². The lowest BCUT2D eigenvalue weighted by molar-refractivity contribution is 0.521. The monoisotopic (exact) mass is 301 g/mol. The van der Waals surface area contributed by atoms with Gasteiger partial charge in [-0.3, -0.25) is 0 Å². The number of benzene rings is 1. The van der Waals surface area contributed by atoms with Crippen LogP contribution in [-0.4, -0.2) is 17.5 Å². The molecule has 1 aromatic rings. The second-order valence-electron chi connectivity index (χ2n) is 4.59. The van der Waals surface area contributed by atoms with Crippen molar-refractivity contribution in [1.29, 1.82) is 0 Å². The zero-order valence-electron chi connectivity index (χ0n) is 10.4. The largest absolute Gasteiger partial charge is 0.309 e. The summed E-state index contributed by atoms with van der Waals surface area (Å²) in [6, 6.07) is 8.76. The molecule has 0 radical (unpaired) electrons. The first-order valence-corrected chi connectivity index (χ1v) is 7.51. The van der Waals surface area contributed by atoms with Gasteiger partial charge >= 0.3 is 0 Å². The van der Waals surface area contributed by atoms with Gasteiger partial charge in [-0.1, -0.05) is 34.1 Å². The minimum absolute atomic E-state index is 0.287. The third kappa shape index (κ3) is 4.11. The van der Waals surface area contributed by atoms with Gasteiger partial charge in [0, 0.05) is 21.8 Å². The predicted octanol–water partition coefficient (Wildman–Crippen LogP) is 4.24. The topological polar surface area (TPSA) is 12.0 Å². The molecule has 90 valence electrons. The number of nitrogens with one attached hydrogen (secondary N) is 1. The molecule has 1 rings (SSSR count). The van der Waals surface area contributed by atoms with Crippen LogP contribution in [0.15, 0.2) is 28.7 Å². The maximum Gasteiger partial charge on any atom is 0.0303 e. The SMILES string of the molecule is CSC(C)(C)CNC(C)c1ccccc1Br. The van der Waals surface area contributed by atoms with E-state index in [-0.39, 0.29) is 4.75 Å². The molecule has 1 N–H and O–H groups in total. The van der Waals surface area contributed by atoms with Crippen LogP contribution in [0.2, 0.25) is 0 Å². The van der Waals surface area contributed by atoms with Crippen LogP contribution in [0, 0.1) is 0 Å². The van der Waals surface area contributed by atoms with Gasteiger partial charge in [0.15, 0.2) is 0 Å². The van der Waals surface area contributed by atoms with E-state index in [1.807, 2.05) is 17.8 Å². The van der Waals surface area contributed by atoms with Crippen molar-refractivity contribution < 1.29 is 0 Å². The fourth-order valence-corrected chi connectivity index (χ4v) is 2.26. The summed E-state index contributed by atoms with van der Waals surface area (Å²) in [6.45, 7) is 7.74. The zero-order valence-corrected chi connectivity index (χ0v) is 12.8. The molecule has 1 aromatic carbocycles. The number of thioether (sulfide) groups is 1. The van der Waals surface area contributed by atoms with Crippen molar-refractivity contribution in [2.75, 3.05) is 12.8 Å². The average Bonchev–Trinajstić information content (AvgIpc) is 2.27. The van der Waals surface area contributed by atoms with Crippen LogP contribution >= 0.6 is 27.7 Å². The Balaban J connectivity index is 2.60. The molecule has 0 aliphatic rings. The van der Waals surface area contributed by atoms with Gasteiger partial charge in [-0.15, -0.1) is 0 Å². The van der Waals surface area contributed by atoms with E-state index < -0.39 is 0 Å². The molecule has 1 unspecified atom stereocenters. The average molecular weight is 302 g/mol. The lowest BCUT2D eigenvalue weighted by atomic mass is 10.1. The Labute approximate surface area is 112 Å². The number of halogens is 1. The molecule has 0 aliphatic carbocycles. The Morgan fingerprint density at radius 3 is 2.56 bits per heavy atom. The van der Waals surface area contributed by atoms with Crippen LogP contribution in [0.1, 0.15) is 32.4 Å². The van der Waals surface area contributed by atoms with Gasteiger partial charge in [0.05, 0.1) is 0 Å². The Kier molecular flexibility index (Phi) is 5.35. The molecule has 16 heavy (non-hydrogen) atoms. The van der Waals surface area contributed by atoms with Crippen LogP contribution < -0.4 is 5.32 Å². The lowest BCUT2D eigenvalue weighted by Crippen LogP contribution is -2.33. The van der Waals surface area contributed by atoms with Crippen molar-refractivity contribution in [2.45, 2.75) is 31.6 Å². The van der Waals surface area contributed by atoms with Crippen molar-refractivity contribution >= 4 is 27.7 Å². The molecule has 0 spiro atoms. The van der Waals surface area contributed by atoms with Gasteiger partial charge in [-0.05, 0) is 38.7 Å². The molecule has 0 aromatic heterocycles. The smallest absolute Gasteiger partial charge is 0.0303 e. The highest BCUT2D eigenvalue weighted by Crippen LogP contribution is 2.25. The van der Waals surface area contributed by atoms with Crippen molar-refractivity contribution in [3.05, 3.63) is 34.3 Å². The van der Waals surface area contributed by atoms with Gasteiger partial charge < -0.3 is 5.32 Å². The van der Waals surface area contributed by atoms with Gasteiger partial charge in [0.25, 0.3) is 0 Å². The van der Waals surface area contributed by atoms with Gasteiger partial charge in [0.2, 0.25) is 0 Å². The highest BCUT2D eigenvalue weighted by atomic mass is 79.9. The molecule has 3 heteroatoms. The van der Waals surface area contributed by atoms with E-state index in [9.17, 15) is 0 Å². The second-order valence-corrected chi connectivity index (χ2v) is 6.96.